The van der Waals surface area contributed by atoms with Crippen LogP contribution in [0, 0.1) is 0 Å². The molecule has 0 aliphatic heterocycles. The van der Waals surface area contributed by atoms with Gasteiger partial charge in [0.15, 0.2) is 0 Å². The highest BCUT2D eigenvalue weighted by atomic mass is 15.0. The van der Waals surface area contributed by atoms with Gasteiger partial charge in [-0.2, -0.15) is 0 Å². The Bertz CT molecular complexity index is 572. The third kappa shape index (κ3) is 11.3. The zero-order chi connectivity index (χ0) is 11.4. The Morgan fingerprint density at radius 2 is 1.27 bits per heavy atom. The Labute approximate surface area is 89.7 Å². The highest BCUT2D eigenvalue weighted by Crippen LogP contribution is 1.69. The molecular weight excluding hydrogens is 182 g/mol. The summed E-state index contributed by atoms with van der Waals surface area (Å²) in [4.78, 5) is 1.84. The minimum absolute atomic E-state index is 1.71. The summed E-state index contributed by atoms with van der Waals surface area (Å²) in [6.45, 7) is 3.30. The predicted octanol–water partition coefficient (Wildman–Crippen LogP) is 2.24. The molecule has 0 aromatic rings. The van der Waals surface area contributed by atoms with Crippen LogP contribution >= 0.6 is 0 Å². The molecule has 70 valence electrons. The van der Waals surface area contributed by atoms with Crippen LogP contribution in [0.15, 0.2) is 70.1 Å². The van der Waals surface area contributed by atoms with E-state index in [2.05, 4.69) is 63.9 Å². The molecule has 1 heteroatoms. The van der Waals surface area contributed by atoms with Crippen molar-refractivity contribution in [2.75, 3.05) is 14.1 Å². The largest absolute Gasteiger partial charge is 0.377 e. The standard InChI is InChI=1S/C14H9N/c1-4-5-6-7-8-9-10-11-12-13-14-15(2)3/h14H,1H2,2-3H3. The van der Waals surface area contributed by atoms with E-state index in [0.717, 1.165) is 0 Å². The van der Waals surface area contributed by atoms with Crippen LogP contribution in [0.1, 0.15) is 0 Å². The van der Waals surface area contributed by atoms with Crippen LogP contribution in [0.2, 0.25) is 0 Å². The smallest absolute Gasteiger partial charge is 0.0510 e. The van der Waals surface area contributed by atoms with Crippen molar-refractivity contribution < 1.29 is 0 Å². The molecule has 0 spiro atoms. The first-order valence-electron chi connectivity index (χ1n) is 4.04. The molecule has 0 heterocycles. The van der Waals surface area contributed by atoms with Crippen molar-refractivity contribution in [3.05, 3.63) is 70.1 Å². The van der Waals surface area contributed by atoms with E-state index in [0.29, 0.717) is 0 Å². The molecule has 0 amide bonds. The molecule has 0 aliphatic rings. The minimum Gasteiger partial charge on any atom is -0.377 e. The first-order valence-corrected chi connectivity index (χ1v) is 4.04. The van der Waals surface area contributed by atoms with Gasteiger partial charge in [0.1, 0.15) is 0 Å². The van der Waals surface area contributed by atoms with Crippen LogP contribution in [-0.2, 0) is 0 Å². The fraction of sp³-hybridized carbons (Fsp3) is 0.143. The average Bonchev–Trinajstić information content (AvgIpc) is 2.20. The van der Waals surface area contributed by atoms with Gasteiger partial charge in [0, 0.05) is 14.1 Å². The maximum absolute atomic E-state index is 3.30. The van der Waals surface area contributed by atoms with Gasteiger partial charge in [0.2, 0.25) is 0 Å². The maximum atomic E-state index is 3.30. The number of hydrogen-bond donors (Lipinski definition) is 0. The SMILES string of the molecule is C=C=C=C=C=C=C=C=C=C=C=CN(C)C. The summed E-state index contributed by atoms with van der Waals surface area (Å²) in [5.74, 6) is 0. The van der Waals surface area contributed by atoms with E-state index >= 15 is 0 Å². The molecule has 0 fully saturated rings. The molecule has 0 radical (unpaired) electrons. The molecule has 0 aliphatic carbocycles. The van der Waals surface area contributed by atoms with Crippen molar-refractivity contribution in [2.45, 2.75) is 0 Å². The zero-order valence-corrected chi connectivity index (χ0v) is 8.73. The third-order valence-electron chi connectivity index (χ3n) is 0.921. The maximum Gasteiger partial charge on any atom is 0.0510 e. The van der Waals surface area contributed by atoms with Gasteiger partial charge in [-0.05, 0) is 58.2 Å². The van der Waals surface area contributed by atoms with E-state index in [1.54, 1.807) is 6.20 Å². The Morgan fingerprint density at radius 1 is 0.800 bits per heavy atom. The lowest BCUT2D eigenvalue weighted by Gasteiger charge is -1.97. The summed E-state index contributed by atoms with van der Waals surface area (Å²) in [7, 11) is 3.78. The Hall–Kier alpha value is -2.66. The monoisotopic (exact) mass is 191 g/mol. The van der Waals surface area contributed by atoms with E-state index < -0.39 is 0 Å². The van der Waals surface area contributed by atoms with E-state index in [1.165, 1.54) is 0 Å². The lowest BCUT2D eigenvalue weighted by molar-refractivity contribution is 0.565. The van der Waals surface area contributed by atoms with Gasteiger partial charge in [-0.15, -0.1) is 0 Å². The van der Waals surface area contributed by atoms with Crippen LogP contribution in [-0.4, -0.2) is 19.0 Å². The van der Waals surface area contributed by atoms with E-state index in [9.17, 15) is 0 Å². The molecule has 0 saturated heterocycles. The summed E-state index contributed by atoms with van der Waals surface area (Å²) in [6.07, 6.45) is 1.71. The highest BCUT2D eigenvalue weighted by Gasteiger charge is 1.66. The van der Waals surface area contributed by atoms with Gasteiger partial charge in [0.05, 0.1) is 6.20 Å². The minimum atomic E-state index is 1.71. The first kappa shape index (κ1) is 12.3. The molecule has 0 N–H and O–H groups in total. The van der Waals surface area contributed by atoms with E-state index in [1.807, 2.05) is 19.0 Å². The molecule has 0 bridgehead atoms. The molecule has 0 rings (SSSR count). The second kappa shape index (κ2) is 9.43. The van der Waals surface area contributed by atoms with Gasteiger partial charge in [-0.25, -0.2) is 0 Å². The van der Waals surface area contributed by atoms with Crippen LogP contribution in [0.3, 0.4) is 0 Å². The van der Waals surface area contributed by atoms with Crippen molar-refractivity contribution in [3.8, 4) is 0 Å². The molecular formula is C14H9N. The predicted molar refractivity (Wildman–Crippen MR) is 59.0 cm³/mol. The topological polar surface area (TPSA) is 3.24 Å². The van der Waals surface area contributed by atoms with Gasteiger partial charge < -0.3 is 4.90 Å². The van der Waals surface area contributed by atoms with Crippen molar-refractivity contribution in [1.82, 2.24) is 4.90 Å². The van der Waals surface area contributed by atoms with Crippen LogP contribution < -0.4 is 0 Å². The summed E-state index contributed by atoms with van der Waals surface area (Å²) in [5, 5.41) is 0. The van der Waals surface area contributed by atoms with Gasteiger partial charge >= 0.3 is 0 Å². The second-order valence-corrected chi connectivity index (χ2v) is 2.41. The average molecular weight is 191 g/mol. The van der Waals surface area contributed by atoms with Crippen LogP contribution in [0.5, 0.6) is 0 Å². The fourth-order valence-electron chi connectivity index (χ4n) is 0.429. The summed E-state index contributed by atoms with van der Waals surface area (Å²) in [5.41, 5.74) is 25.4. The molecule has 0 unspecified atom stereocenters. The van der Waals surface area contributed by atoms with Crippen LogP contribution in [0.4, 0.5) is 0 Å². The first-order chi connectivity index (χ1) is 7.27. The molecule has 1 nitrogen and oxygen atoms in total. The fourth-order valence-corrected chi connectivity index (χ4v) is 0.429. The quantitative estimate of drug-likeness (QED) is 0.574. The molecule has 15 heavy (non-hydrogen) atoms. The summed E-state index contributed by atoms with van der Waals surface area (Å²) in [6, 6.07) is 0. The van der Waals surface area contributed by atoms with Crippen molar-refractivity contribution in [1.29, 1.82) is 0 Å². The Kier molecular flexibility index (Phi) is 7.76. The highest BCUT2D eigenvalue weighted by molar-refractivity contribution is 4.90. The Balaban J connectivity index is 5.23. The van der Waals surface area contributed by atoms with Crippen LogP contribution in [0.25, 0.3) is 0 Å². The van der Waals surface area contributed by atoms with Crippen molar-refractivity contribution in [3.63, 3.8) is 0 Å². The van der Waals surface area contributed by atoms with Crippen molar-refractivity contribution >= 4 is 0 Å². The normalized spacial score (nSPS) is 4.93. The summed E-state index contributed by atoms with van der Waals surface area (Å²) >= 11 is 0. The number of nitrogens with zero attached hydrogens (tertiary/aromatic N) is 1. The third-order valence-corrected chi connectivity index (χ3v) is 0.921. The summed E-state index contributed by atoms with van der Waals surface area (Å²) < 4.78 is 0. The Morgan fingerprint density at radius 3 is 1.73 bits per heavy atom. The lowest BCUT2D eigenvalue weighted by atomic mass is 10.6. The van der Waals surface area contributed by atoms with Gasteiger partial charge in [-0.3, -0.25) is 0 Å². The lowest BCUT2D eigenvalue weighted by Crippen LogP contribution is -1.98. The molecule has 0 atom stereocenters. The van der Waals surface area contributed by atoms with E-state index in [4.69, 9.17) is 0 Å². The second-order valence-electron chi connectivity index (χ2n) is 2.41. The van der Waals surface area contributed by atoms with Crippen molar-refractivity contribution in [2.24, 2.45) is 0 Å². The van der Waals surface area contributed by atoms with Gasteiger partial charge in [0.25, 0.3) is 0 Å². The number of rotatable bonds is 1. The molecule has 0 saturated carbocycles. The molecule has 0 aromatic carbocycles. The zero-order valence-electron chi connectivity index (χ0n) is 8.73. The number of hydrogen-bond acceptors (Lipinski definition) is 1. The molecule has 0 aromatic heterocycles. The van der Waals surface area contributed by atoms with Gasteiger partial charge in [-0.1, -0.05) is 5.73 Å². The van der Waals surface area contributed by atoms with E-state index in [-0.39, 0.29) is 0 Å².